The van der Waals surface area contributed by atoms with E-state index in [1.807, 2.05) is 68.1 Å². The maximum atomic E-state index is 13.5. The number of aromatic amines is 1. The van der Waals surface area contributed by atoms with Crippen LogP contribution in [0, 0.1) is 6.92 Å². The molecule has 0 saturated carbocycles. The van der Waals surface area contributed by atoms with Crippen molar-refractivity contribution in [1.82, 2.24) is 20.5 Å². The zero-order valence-electron chi connectivity index (χ0n) is 24.5. The number of aliphatic hydroxyl groups is 1. The van der Waals surface area contributed by atoms with Crippen molar-refractivity contribution in [3.8, 4) is 0 Å². The van der Waals surface area contributed by atoms with Crippen LogP contribution < -0.4 is 16.4 Å². The number of aliphatic hydroxyl groups excluding tert-OH is 1. The number of hydrogen-bond donors (Lipinski definition) is 4. The summed E-state index contributed by atoms with van der Waals surface area (Å²) in [4.78, 5) is 42.7. The molecule has 0 saturated heterocycles. The molecule has 0 fully saturated rings. The fourth-order valence-electron chi connectivity index (χ4n) is 5.08. The van der Waals surface area contributed by atoms with Gasteiger partial charge in [0, 0.05) is 37.3 Å². The molecule has 0 aliphatic heterocycles. The van der Waals surface area contributed by atoms with Crippen LogP contribution >= 0.6 is 0 Å². The van der Waals surface area contributed by atoms with Crippen molar-refractivity contribution in [2.45, 2.75) is 58.7 Å². The second-order valence-corrected chi connectivity index (χ2v) is 10.7. The monoisotopic (exact) mass is 572 g/mol. The van der Waals surface area contributed by atoms with Gasteiger partial charge in [-0.25, -0.2) is 4.79 Å². The third-order valence-corrected chi connectivity index (χ3v) is 7.11. The van der Waals surface area contributed by atoms with Gasteiger partial charge in [0.2, 0.25) is 0 Å². The SMILES string of the molecule is CCCN(CCC)C(=O)c1cc(C)cc(C(=O)N[C@@H](Cc2ccccc2)[C@H](O)CNCc2ccc3[nH]c(=O)oc3c2)c1. The highest BCUT2D eigenvalue weighted by Crippen LogP contribution is 2.16. The Hall–Kier alpha value is -4.21. The molecule has 0 aliphatic rings. The molecule has 0 unspecified atom stereocenters. The molecular formula is C33H40N4O5. The second kappa shape index (κ2) is 14.6. The molecule has 0 aliphatic carbocycles. The lowest BCUT2D eigenvalue weighted by molar-refractivity contribution is 0.0755. The minimum absolute atomic E-state index is 0.0846. The molecule has 222 valence electrons. The van der Waals surface area contributed by atoms with E-state index in [1.165, 1.54) is 0 Å². The lowest BCUT2D eigenvalue weighted by Gasteiger charge is -2.25. The van der Waals surface area contributed by atoms with Crippen LogP contribution in [-0.2, 0) is 13.0 Å². The van der Waals surface area contributed by atoms with Gasteiger partial charge in [-0.1, -0.05) is 50.2 Å². The predicted octanol–water partition coefficient (Wildman–Crippen LogP) is 4.18. The molecule has 1 heterocycles. The van der Waals surface area contributed by atoms with Gasteiger partial charge in [-0.3, -0.25) is 14.6 Å². The number of benzene rings is 3. The van der Waals surface area contributed by atoms with Gasteiger partial charge in [0.1, 0.15) is 0 Å². The summed E-state index contributed by atoms with van der Waals surface area (Å²) in [5, 5.41) is 17.5. The zero-order chi connectivity index (χ0) is 30.1. The average molecular weight is 573 g/mol. The van der Waals surface area contributed by atoms with Crippen LogP contribution in [0.1, 0.15) is 64.1 Å². The van der Waals surface area contributed by atoms with Crippen LogP contribution in [0.15, 0.2) is 75.9 Å². The number of rotatable bonds is 14. The normalized spacial score (nSPS) is 12.7. The molecule has 2 amide bonds. The van der Waals surface area contributed by atoms with Crippen molar-refractivity contribution in [2.24, 2.45) is 0 Å². The van der Waals surface area contributed by atoms with E-state index in [4.69, 9.17) is 4.42 Å². The molecule has 4 rings (SSSR count). The number of carbonyl (C=O) groups excluding carboxylic acids is 2. The number of carbonyl (C=O) groups is 2. The van der Waals surface area contributed by atoms with Gasteiger partial charge in [-0.2, -0.15) is 0 Å². The Kier molecular flexibility index (Phi) is 10.7. The minimum atomic E-state index is -0.904. The Morgan fingerprint density at radius 1 is 0.952 bits per heavy atom. The van der Waals surface area contributed by atoms with Gasteiger partial charge in [0.05, 0.1) is 17.7 Å². The highest BCUT2D eigenvalue weighted by atomic mass is 16.4. The summed E-state index contributed by atoms with van der Waals surface area (Å²) in [6.45, 7) is 7.92. The highest BCUT2D eigenvalue weighted by Gasteiger charge is 2.24. The van der Waals surface area contributed by atoms with Crippen LogP contribution in [0.5, 0.6) is 0 Å². The zero-order valence-corrected chi connectivity index (χ0v) is 24.5. The van der Waals surface area contributed by atoms with Crippen molar-refractivity contribution in [3.05, 3.63) is 105 Å². The number of nitrogens with one attached hydrogen (secondary N) is 3. The van der Waals surface area contributed by atoms with Gasteiger partial charge in [-0.05, 0) is 73.2 Å². The first-order chi connectivity index (χ1) is 20.3. The Morgan fingerprint density at radius 2 is 1.67 bits per heavy atom. The lowest BCUT2D eigenvalue weighted by atomic mass is 9.99. The quantitative estimate of drug-likeness (QED) is 0.180. The van der Waals surface area contributed by atoms with E-state index in [0.29, 0.717) is 48.3 Å². The summed E-state index contributed by atoms with van der Waals surface area (Å²) < 4.78 is 5.14. The van der Waals surface area contributed by atoms with Crippen molar-refractivity contribution in [2.75, 3.05) is 19.6 Å². The van der Waals surface area contributed by atoms with Crippen LogP contribution in [0.3, 0.4) is 0 Å². The molecule has 4 aromatic rings. The van der Waals surface area contributed by atoms with Gasteiger partial charge >= 0.3 is 5.76 Å². The third kappa shape index (κ3) is 8.18. The molecule has 9 nitrogen and oxygen atoms in total. The average Bonchev–Trinajstić information content (AvgIpc) is 3.35. The first-order valence-corrected chi connectivity index (χ1v) is 14.5. The number of oxazole rings is 1. The van der Waals surface area contributed by atoms with Crippen molar-refractivity contribution < 1.29 is 19.1 Å². The number of fused-ring (bicyclic) bond motifs is 1. The molecule has 4 N–H and O–H groups in total. The van der Waals surface area contributed by atoms with E-state index in [0.717, 1.165) is 29.5 Å². The first kappa shape index (κ1) is 30.7. The highest BCUT2D eigenvalue weighted by molar-refractivity contribution is 6.00. The molecule has 9 heteroatoms. The number of aryl methyl sites for hydroxylation is 1. The summed E-state index contributed by atoms with van der Waals surface area (Å²) in [7, 11) is 0. The number of nitrogens with zero attached hydrogens (tertiary/aromatic N) is 1. The standard InChI is InChI=1S/C33H40N4O5/c1-4-13-37(14-5-2)32(40)26-16-22(3)15-25(19-26)31(39)35-28(17-23-9-7-6-8-10-23)29(38)21-34-20-24-11-12-27-30(18-24)42-33(41)36-27/h6-12,15-16,18-19,28-29,34,38H,4-5,13-14,17,20-21H2,1-3H3,(H,35,39)(H,36,41)/t28-,29+/m0/s1. The Bertz CT molecular complexity index is 1540. The number of aromatic nitrogens is 1. The van der Waals surface area contributed by atoms with Gasteiger partial charge < -0.3 is 25.1 Å². The topological polar surface area (TPSA) is 128 Å². The molecule has 3 aromatic carbocycles. The molecule has 42 heavy (non-hydrogen) atoms. The maximum Gasteiger partial charge on any atom is 0.417 e. The van der Waals surface area contributed by atoms with Crippen molar-refractivity contribution >= 4 is 22.9 Å². The van der Waals surface area contributed by atoms with Crippen LogP contribution in [-0.4, -0.2) is 58.6 Å². The third-order valence-electron chi connectivity index (χ3n) is 7.11. The number of H-pyrrole nitrogens is 1. The van der Waals surface area contributed by atoms with E-state index in [2.05, 4.69) is 15.6 Å². The molecule has 0 spiro atoms. The lowest BCUT2D eigenvalue weighted by Crippen LogP contribution is -2.48. The maximum absolute atomic E-state index is 13.5. The van der Waals surface area contributed by atoms with Crippen molar-refractivity contribution in [1.29, 1.82) is 0 Å². The molecule has 0 radical (unpaired) electrons. The van der Waals surface area contributed by atoms with E-state index in [9.17, 15) is 19.5 Å². The van der Waals surface area contributed by atoms with E-state index < -0.39 is 17.9 Å². The molecule has 2 atom stereocenters. The molecule has 0 bridgehead atoms. The first-order valence-electron chi connectivity index (χ1n) is 14.5. The summed E-state index contributed by atoms with van der Waals surface area (Å²) in [6.07, 6.45) is 1.23. The summed E-state index contributed by atoms with van der Waals surface area (Å²) >= 11 is 0. The Labute approximate surface area is 245 Å². The van der Waals surface area contributed by atoms with Gasteiger partial charge in [0.25, 0.3) is 11.8 Å². The fourth-order valence-corrected chi connectivity index (χ4v) is 5.08. The van der Waals surface area contributed by atoms with Crippen LogP contribution in [0.4, 0.5) is 0 Å². The van der Waals surface area contributed by atoms with Crippen molar-refractivity contribution in [3.63, 3.8) is 0 Å². The van der Waals surface area contributed by atoms with E-state index in [-0.39, 0.29) is 18.4 Å². The molecule has 1 aromatic heterocycles. The summed E-state index contributed by atoms with van der Waals surface area (Å²) in [5.74, 6) is -0.939. The second-order valence-electron chi connectivity index (χ2n) is 10.7. The fraction of sp³-hybridized carbons (Fsp3) is 0.364. The van der Waals surface area contributed by atoms with E-state index >= 15 is 0 Å². The Morgan fingerprint density at radius 3 is 2.38 bits per heavy atom. The number of hydrogen-bond acceptors (Lipinski definition) is 6. The number of amides is 2. The van der Waals surface area contributed by atoms with E-state index in [1.54, 1.807) is 24.3 Å². The minimum Gasteiger partial charge on any atom is -0.408 e. The summed E-state index contributed by atoms with van der Waals surface area (Å²) in [6, 6.07) is 19.7. The predicted molar refractivity (Wildman–Crippen MR) is 164 cm³/mol. The smallest absolute Gasteiger partial charge is 0.408 e. The van der Waals surface area contributed by atoms with Gasteiger partial charge in [-0.15, -0.1) is 0 Å². The Balaban J connectivity index is 1.47. The van der Waals surface area contributed by atoms with Crippen LogP contribution in [0.25, 0.3) is 11.1 Å². The van der Waals surface area contributed by atoms with Gasteiger partial charge in [0.15, 0.2) is 5.58 Å². The van der Waals surface area contributed by atoms with Crippen LogP contribution in [0.2, 0.25) is 0 Å². The molecular weight excluding hydrogens is 532 g/mol. The summed E-state index contributed by atoms with van der Waals surface area (Å²) in [5.41, 5.74) is 4.64. The largest absolute Gasteiger partial charge is 0.417 e.